The molecule has 1 unspecified atom stereocenters. The first kappa shape index (κ1) is 22.4. The van der Waals surface area contributed by atoms with Crippen LogP contribution in [0.15, 0.2) is 82.0 Å². The molecule has 4 aromatic rings. The van der Waals surface area contributed by atoms with Crippen LogP contribution in [0, 0.1) is 0 Å². The average molecular weight is 446 g/mol. The predicted molar refractivity (Wildman–Crippen MR) is 128 cm³/mol. The Kier molecular flexibility index (Phi) is 6.95. The third-order valence-electron chi connectivity index (χ3n) is 5.69. The van der Waals surface area contributed by atoms with E-state index in [2.05, 4.69) is 29.6 Å². The number of hydrogen-bond donors (Lipinski definition) is 1. The summed E-state index contributed by atoms with van der Waals surface area (Å²) in [5.41, 5.74) is 3.29. The monoisotopic (exact) mass is 445 g/mol. The summed E-state index contributed by atoms with van der Waals surface area (Å²) in [6.07, 6.45) is 0.767. The van der Waals surface area contributed by atoms with E-state index in [9.17, 15) is 4.79 Å². The Hall–Kier alpha value is -3.77. The van der Waals surface area contributed by atoms with Crippen molar-refractivity contribution in [3.05, 3.63) is 99.9 Å². The second kappa shape index (κ2) is 10.2. The van der Waals surface area contributed by atoms with Crippen LogP contribution in [0.5, 0.6) is 17.2 Å². The van der Waals surface area contributed by atoms with Gasteiger partial charge in [0.05, 0.1) is 21.3 Å². The van der Waals surface area contributed by atoms with Crippen molar-refractivity contribution in [2.24, 2.45) is 0 Å². The van der Waals surface area contributed by atoms with Gasteiger partial charge in [-0.15, -0.1) is 0 Å². The second-order valence-electron chi connectivity index (χ2n) is 7.71. The van der Waals surface area contributed by atoms with Crippen molar-refractivity contribution in [1.82, 2.24) is 5.32 Å². The Labute approximate surface area is 192 Å². The van der Waals surface area contributed by atoms with Crippen LogP contribution >= 0.6 is 0 Å². The molecule has 0 amide bonds. The highest BCUT2D eigenvalue weighted by atomic mass is 16.5. The molecule has 0 saturated heterocycles. The van der Waals surface area contributed by atoms with Gasteiger partial charge in [0.1, 0.15) is 22.8 Å². The van der Waals surface area contributed by atoms with E-state index in [4.69, 9.17) is 18.6 Å². The smallest absolute Gasteiger partial charge is 0.336 e. The highest BCUT2D eigenvalue weighted by molar-refractivity contribution is 5.81. The number of benzene rings is 3. The predicted octanol–water partition coefficient (Wildman–Crippen LogP) is 4.89. The summed E-state index contributed by atoms with van der Waals surface area (Å²) >= 11 is 0. The third-order valence-corrected chi connectivity index (χ3v) is 5.69. The van der Waals surface area contributed by atoms with Crippen LogP contribution in [-0.4, -0.2) is 21.3 Å². The van der Waals surface area contributed by atoms with Crippen LogP contribution in [0.1, 0.15) is 22.7 Å². The maximum atomic E-state index is 12.2. The van der Waals surface area contributed by atoms with Gasteiger partial charge in [0.2, 0.25) is 0 Å². The van der Waals surface area contributed by atoms with Crippen LogP contribution in [0.4, 0.5) is 0 Å². The minimum atomic E-state index is -0.385. The van der Waals surface area contributed by atoms with E-state index >= 15 is 0 Å². The normalized spacial score (nSPS) is 11.8. The molecule has 1 aromatic heterocycles. The molecule has 3 aromatic carbocycles. The molecule has 170 valence electrons. The highest BCUT2D eigenvalue weighted by Crippen LogP contribution is 2.26. The fourth-order valence-electron chi connectivity index (χ4n) is 3.86. The summed E-state index contributed by atoms with van der Waals surface area (Å²) < 4.78 is 21.2. The molecule has 0 aliphatic heterocycles. The van der Waals surface area contributed by atoms with Crippen molar-refractivity contribution >= 4 is 11.0 Å². The Bertz CT molecular complexity index is 1260. The standard InChI is InChI=1S/C27H27NO5/c1-30-21-8-4-18(5-9-21)14-25(19-6-10-22(31-2)11-7-19)28-17-20-15-27(29)33-26-16-23(32-3)12-13-24(20)26/h4-13,15-16,25,28H,14,17H2,1-3H3. The lowest BCUT2D eigenvalue weighted by Gasteiger charge is -2.20. The number of hydrogen-bond acceptors (Lipinski definition) is 6. The van der Waals surface area contributed by atoms with Crippen LogP contribution in [0.2, 0.25) is 0 Å². The molecule has 0 spiro atoms. The molecule has 1 heterocycles. The lowest BCUT2D eigenvalue weighted by molar-refractivity contribution is 0.413. The molecule has 4 rings (SSSR count). The molecule has 0 aliphatic rings. The lowest BCUT2D eigenvalue weighted by atomic mass is 9.98. The first-order chi connectivity index (χ1) is 16.1. The van der Waals surface area contributed by atoms with Gasteiger partial charge in [0, 0.05) is 30.1 Å². The van der Waals surface area contributed by atoms with Crippen LogP contribution in [0.25, 0.3) is 11.0 Å². The van der Waals surface area contributed by atoms with Crippen LogP contribution < -0.4 is 25.2 Å². The number of ether oxygens (including phenoxy) is 3. The van der Waals surface area contributed by atoms with Gasteiger partial charge in [-0.05, 0) is 59.5 Å². The Morgan fingerprint density at radius 2 is 1.39 bits per heavy atom. The first-order valence-electron chi connectivity index (χ1n) is 10.7. The molecule has 0 fully saturated rings. The molecule has 0 radical (unpaired) electrons. The van der Waals surface area contributed by atoms with Gasteiger partial charge in [-0.3, -0.25) is 0 Å². The molecular weight excluding hydrogens is 418 g/mol. The summed E-state index contributed by atoms with van der Waals surface area (Å²) in [5, 5.41) is 4.51. The molecule has 0 aliphatic carbocycles. The SMILES string of the molecule is COc1ccc(CC(NCc2cc(=O)oc3cc(OC)ccc23)c2ccc(OC)cc2)cc1. The maximum Gasteiger partial charge on any atom is 0.336 e. The van der Waals surface area contributed by atoms with Crippen LogP contribution in [0.3, 0.4) is 0 Å². The summed E-state index contributed by atoms with van der Waals surface area (Å²) in [4.78, 5) is 12.2. The quantitative estimate of drug-likeness (QED) is 0.370. The topological polar surface area (TPSA) is 69.9 Å². The van der Waals surface area contributed by atoms with Crippen molar-refractivity contribution in [2.75, 3.05) is 21.3 Å². The largest absolute Gasteiger partial charge is 0.497 e. The van der Waals surface area contributed by atoms with Gasteiger partial charge in [0.15, 0.2) is 0 Å². The van der Waals surface area contributed by atoms with Crippen molar-refractivity contribution in [1.29, 1.82) is 0 Å². The Morgan fingerprint density at radius 3 is 2.03 bits per heavy atom. The zero-order valence-electron chi connectivity index (χ0n) is 19.0. The maximum absolute atomic E-state index is 12.2. The van der Waals surface area contributed by atoms with Gasteiger partial charge in [-0.1, -0.05) is 24.3 Å². The summed E-state index contributed by atoms with van der Waals surface area (Å²) in [7, 11) is 4.90. The van der Waals surface area contributed by atoms with E-state index in [0.717, 1.165) is 34.4 Å². The fourth-order valence-corrected chi connectivity index (χ4v) is 3.86. The lowest BCUT2D eigenvalue weighted by Crippen LogP contribution is -2.23. The molecule has 33 heavy (non-hydrogen) atoms. The van der Waals surface area contributed by atoms with Crippen molar-refractivity contribution < 1.29 is 18.6 Å². The van der Waals surface area contributed by atoms with Crippen molar-refractivity contribution in [2.45, 2.75) is 19.0 Å². The summed E-state index contributed by atoms with van der Waals surface area (Å²) in [5.74, 6) is 2.28. The number of fused-ring (bicyclic) bond motifs is 1. The number of methoxy groups -OCH3 is 3. The number of rotatable bonds is 9. The van der Waals surface area contributed by atoms with Gasteiger partial charge in [-0.2, -0.15) is 0 Å². The highest BCUT2D eigenvalue weighted by Gasteiger charge is 2.15. The van der Waals surface area contributed by atoms with Crippen molar-refractivity contribution in [3.63, 3.8) is 0 Å². The molecule has 0 bridgehead atoms. The first-order valence-corrected chi connectivity index (χ1v) is 10.7. The van der Waals surface area contributed by atoms with E-state index in [1.54, 1.807) is 33.5 Å². The minimum Gasteiger partial charge on any atom is -0.497 e. The van der Waals surface area contributed by atoms with E-state index in [1.807, 2.05) is 36.4 Å². The van der Waals surface area contributed by atoms with Gasteiger partial charge >= 0.3 is 5.63 Å². The Morgan fingerprint density at radius 1 is 0.788 bits per heavy atom. The third kappa shape index (κ3) is 5.35. The molecule has 1 atom stereocenters. The van der Waals surface area contributed by atoms with Gasteiger partial charge in [0.25, 0.3) is 0 Å². The van der Waals surface area contributed by atoms with E-state index in [1.165, 1.54) is 5.56 Å². The van der Waals surface area contributed by atoms with Crippen molar-refractivity contribution in [3.8, 4) is 17.2 Å². The molecule has 1 N–H and O–H groups in total. The van der Waals surface area contributed by atoms with E-state index in [-0.39, 0.29) is 11.7 Å². The molecule has 6 heteroatoms. The Balaban J connectivity index is 1.62. The summed E-state index contributed by atoms with van der Waals surface area (Å²) in [6.45, 7) is 0.501. The zero-order valence-corrected chi connectivity index (χ0v) is 19.0. The average Bonchev–Trinajstić information content (AvgIpc) is 2.86. The summed E-state index contributed by atoms with van der Waals surface area (Å²) in [6, 6.07) is 23.2. The fraction of sp³-hybridized carbons (Fsp3) is 0.222. The van der Waals surface area contributed by atoms with Gasteiger partial charge in [-0.25, -0.2) is 4.79 Å². The minimum absolute atomic E-state index is 0.0184. The second-order valence-corrected chi connectivity index (χ2v) is 7.71. The van der Waals surface area contributed by atoms with E-state index < -0.39 is 0 Å². The zero-order chi connectivity index (χ0) is 23.2. The number of nitrogens with one attached hydrogen (secondary N) is 1. The molecular formula is C27H27NO5. The molecule has 0 saturated carbocycles. The van der Waals surface area contributed by atoms with Gasteiger partial charge < -0.3 is 23.9 Å². The molecule has 6 nitrogen and oxygen atoms in total. The van der Waals surface area contributed by atoms with E-state index in [0.29, 0.717) is 17.9 Å². The van der Waals surface area contributed by atoms with Crippen LogP contribution in [-0.2, 0) is 13.0 Å².